The van der Waals surface area contributed by atoms with Crippen LogP contribution in [0.5, 0.6) is 5.75 Å². The molecule has 2 heterocycles. The monoisotopic (exact) mass is 407 g/mol. The number of aryl methyl sites for hydroxylation is 2. The Kier molecular flexibility index (Phi) is 6.16. The highest BCUT2D eigenvalue weighted by molar-refractivity contribution is 6.04. The lowest BCUT2D eigenvalue weighted by molar-refractivity contribution is -0.135. The molecule has 1 amide bonds. The SMILES string of the molecule is COc1cccc([C@@H]2CC(c3cc(C)ccc3C)=NN2C(=O)CN2CCOCC2)c1. The number of benzene rings is 2. The number of hydrazone groups is 1. The number of hydrogen-bond acceptors (Lipinski definition) is 5. The predicted octanol–water partition coefficient (Wildman–Crippen LogP) is 3.32. The Morgan fingerprint density at radius 3 is 2.73 bits per heavy atom. The zero-order valence-electron chi connectivity index (χ0n) is 17.9. The minimum atomic E-state index is -0.136. The zero-order valence-corrected chi connectivity index (χ0v) is 17.9. The van der Waals surface area contributed by atoms with E-state index in [9.17, 15) is 4.79 Å². The number of morpholine rings is 1. The Bertz CT molecular complexity index is 950. The first-order chi connectivity index (χ1) is 14.5. The third kappa shape index (κ3) is 4.40. The first kappa shape index (κ1) is 20.6. The van der Waals surface area contributed by atoms with Crippen molar-refractivity contribution < 1.29 is 14.3 Å². The summed E-state index contributed by atoms with van der Waals surface area (Å²) < 4.78 is 10.8. The van der Waals surface area contributed by atoms with E-state index in [0.29, 0.717) is 26.2 Å². The van der Waals surface area contributed by atoms with Crippen LogP contribution in [0.15, 0.2) is 47.6 Å². The molecule has 2 aromatic rings. The molecule has 0 aromatic heterocycles. The zero-order chi connectivity index (χ0) is 21.1. The van der Waals surface area contributed by atoms with Gasteiger partial charge in [-0.3, -0.25) is 9.69 Å². The largest absolute Gasteiger partial charge is 0.497 e. The quantitative estimate of drug-likeness (QED) is 0.763. The van der Waals surface area contributed by atoms with Crippen LogP contribution in [0.1, 0.15) is 34.7 Å². The van der Waals surface area contributed by atoms with E-state index >= 15 is 0 Å². The standard InChI is InChI=1S/C24H29N3O3/c1-17-7-8-18(2)21(13-17)22-15-23(19-5-4-6-20(14-19)29-3)27(25-22)24(28)16-26-9-11-30-12-10-26/h4-8,13-14,23H,9-12,15-16H2,1-3H3/t23-/m0/s1. The molecule has 158 valence electrons. The van der Waals surface area contributed by atoms with Crippen LogP contribution in [0.3, 0.4) is 0 Å². The summed E-state index contributed by atoms with van der Waals surface area (Å²) >= 11 is 0. The van der Waals surface area contributed by atoms with Gasteiger partial charge in [0.05, 0.1) is 38.6 Å². The van der Waals surface area contributed by atoms with E-state index in [0.717, 1.165) is 35.7 Å². The van der Waals surface area contributed by atoms with Gasteiger partial charge in [-0.25, -0.2) is 5.01 Å². The molecular weight excluding hydrogens is 378 g/mol. The van der Waals surface area contributed by atoms with Gasteiger partial charge in [0.1, 0.15) is 5.75 Å². The molecule has 0 spiro atoms. The maximum absolute atomic E-state index is 13.3. The number of ether oxygens (including phenoxy) is 2. The van der Waals surface area contributed by atoms with Crippen LogP contribution >= 0.6 is 0 Å². The summed E-state index contributed by atoms with van der Waals surface area (Å²) in [7, 11) is 1.66. The van der Waals surface area contributed by atoms with Gasteiger partial charge in [0.15, 0.2) is 0 Å². The van der Waals surface area contributed by atoms with Crippen LogP contribution in [0, 0.1) is 13.8 Å². The van der Waals surface area contributed by atoms with Crippen LogP contribution in [0.2, 0.25) is 0 Å². The van der Waals surface area contributed by atoms with Crippen molar-refractivity contribution in [3.8, 4) is 5.75 Å². The molecular formula is C24H29N3O3. The van der Waals surface area contributed by atoms with E-state index in [-0.39, 0.29) is 11.9 Å². The summed E-state index contributed by atoms with van der Waals surface area (Å²) in [6, 6.07) is 14.2. The second-order valence-electron chi connectivity index (χ2n) is 7.99. The smallest absolute Gasteiger partial charge is 0.257 e. The summed E-state index contributed by atoms with van der Waals surface area (Å²) in [4.78, 5) is 15.4. The van der Waals surface area contributed by atoms with Gasteiger partial charge in [0, 0.05) is 25.1 Å². The first-order valence-corrected chi connectivity index (χ1v) is 10.5. The lowest BCUT2D eigenvalue weighted by Gasteiger charge is -2.29. The third-order valence-electron chi connectivity index (χ3n) is 5.81. The molecule has 0 N–H and O–H groups in total. The van der Waals surface area contributed by atoms with Crippen LogP contribution in [-0.2, 0) is 9.53 Å². The van der Waals surface area contributed by atoms with Crippen molar-refractivity contribution in [1.29, 1.82) is 0 Å². The van der Waals surface area contributed by atoms with Crippen LogP contribution in [-0.4, -0.2) is 61.5 Å². The maximum Gasteiger partial charge on any atom is 0.257 e. The Morgan fingerprint density at radius 1 is 1.17 bits per heavy atom. The molecule has 1 fully saturated rings. The predicted molar refractivity (Wildman–Crippen MR) is 117 cm³/mol. The van der Waals surface area contributed by atoms with Gasteiger partial charge in [-0.1, -0.05) is 29.8 Å². The topological polar surface area (TPSA) is 54.4 Å². The summed E-state index contributed by atoms with van der Waals surface area (Å²) in [6.07, 6.45) is 0.687. The lowest BCUT2D eigenvalue weighted by atomic mass is 9.95. The molecule has 1 saturated heterocycles. The van der Waals surface area contributed by atoms with Gasteiger partial charge in [0.2, 0.25) is 0 Å². The van der Waals surface area contributed by atoms with E-state index in [4.69, 9.17) is 14.6 Å². The summed E-state index contributed by atoms with van der Waals surface area (Å²) in [5.74, 6) is 0.804. The van der Waals surface area contributed by atoms with E-state index < -0.39 is 0 Å². The van der Waals surface area contributed by atoms with E-state index in [1.54, 1.807) is 12.1 Å². The lowest BCUT2D eigenvalue weighted by Crippen LogP contribution is -2.43. The molecule has 6 nitrogen and oxygen atoms in total. The second kappa shape index (κ2) is 8.98. The molecule has 0 saturated carbocycles. The van der Waals surface area contributed by atoms with Crippen molar-refractivity contribution >= 4 is 11.6 Å². The highest BCUT2D eigenvalue weighted by Gasteiger charge is 2.34. The average molecular weight is 408 g/mol. The number of hydrogen-bond donors (Lipinski definition) is 0. The number of carbonyl (C=O) groups excluding carboxylic acids is 1. The Balaban J connectivity index is 1.65. The Labute approximate surface area is 178 Å². The first-order valence-electron chi connectivity index (χ1n) is 10.5. The highest BCUT2D eigenvalue weighted by atomic mass is 16.5. The normalized spacial score (nSPS) is 19.6. The van der Waals surface area contributed by atoms with Gasteiger partial charge in [0.25, 0.3) is 5.91 Å². The van der Waals surface area contributed by atoms with Gasteiger partial charge in [-0.05, 0) is 43.2 Å². The molecule has 0 radical (unpaired) electrons. The molecule has 4 rings (SSSR count). The van der Waals surface area contributed by atoms with Crippen LogP contribution < -0.4 is 4.74 Å². The molecule has 0 bridgehead atoms. The fraction of sp³-hybridized carbons (Fsp3) is 0.417. The molecule has 0 unspecified atom stereocenters. The summed E-state index contributed by atoms with van der Waals surface area (Å²) in [6.45, 7) is 7.42. The minimum absolute atomic E-state index is 0.0185. The molecule has 2 aliphatic heterocycles. The van der Waals surface area contributed by atoms with E-state index in [1.807, 2.05) is 24.3 Å². The Morgan fingerprint density at radius 2 is 1.97 bits per heavy atom. The van der Waals surface area contributed by atoms with Crippen LogP contribution in [0.25, 0.3) is 0 Å². The van der Waals surface area contributed by atoms with Gasteiger partial charge in [-0.15, -0.1) is 0 Å². The van der Waals surface area contributed by atoms with Crippen molar-refractivity contribution in [2.24, 2.45) is 5.10 Å². The van der Waals surface area contributed by atoms with Crippen molar-refractivity contribution in [1.82, 2.24) is 9.91 Å². The van der Waals surface area contributed by atoms with E-state index in [2.05, 4.69) is 36.9 Å². The molecule has 30 heavy (non-hydrogen) atoms. The maximum atomic E-state index is 13.3. The van der Waals surface area contributed by atoms with Crippen molar-refractivity contribution in [3.63, 3.8) is 0 Å². The number of nitrogens with zero attached hydrogens (tertiary/aromatic N) is 3. The molecule has 2 aromatic carbocycles. The second-order valence-corrected chi connectivity index (χ2v) is 7.99. The number of methoxy groups -OCH3 is 1. The number of amides is 1. The summed E-state index contributed by atoms with van der Waals surface area (Å²) in [5.41, 5.74) is 5.47. The van der Waals surface area contributed by atoms with Crippen molar-refractivity contribution in [3.05, 3.63) is 64.7 Å². The molecule has 6 heteroatoms. The van der Waals surface area contributed by atoms with Crippen LogP contribution in [0.4, 0.5) is 0 Å². The fourth-order valence-electron chi connectivity index (χ4n) is 4.08. The van der Waals surface area contributed by atoms with Gasteiger partial charge >= 0.3 is 0 Å². The average Bonchev–Trinajstić information content (AvgIpc) is 3.22. The van der Waals surface area contributed by atoms with Gasteiger partial charge < -0.3 is 9.47 Å². The van der Waals surface area contributed by atoms with E-state index in [1.165, 1.54) is 11.1 Å². The fourth-order valence-corrected chi connectivity index (χ4v) is 4.08. The number of rotatable bonds is 5. The molecule has 2 aliphatic rings. The van der Waals surface area contributed by atoms with Gasteiger partial charge in [-0.2, -0.15) is 5.10 Å². The third-order valence-corrected chi connectivity index (χ3v) is 5.81. The highest BCUT2D eigenvalue weighted by Crippen LogP contribution is 2.35. The van der Waals surface area contributed by atoms with Crippen molar-refractivity contribution in [2.45, 2.75) is 26.3 Å². The minimum Gasteiger partial charge on any atom is -0.497 e. The summed E-state index contributed by atoms with van der Waals surface area (Å²) in [5, 5.41) is 6.52. The number of carbonyl (C=O) groups is 1. The Hall–Kier alpha value is -2.70. The molecule has 0 aliphatic carbocycles. The molecule has 1 atom stereocenters. The van der Waals surface area contributed by atoms with Crippen molar-refractivity contribution in [2.75, 3.05) is 40.0 Å².